The van der Waals surface area contributed by atoms with Crippen molar-refractivity contribution in [3.8, 4) is 0 Å². The molecule has 0 aliphatic heterocycles. The zero-order chi connectivity index (χ0) is 12.9. The lowest BCUT2D eigenvalue weighted by Gasteiger charge is -2.27. The van der Waals surface area contributed by atoms with E-state index in [9.17, 15) is 9.59 Å². The van der Waals surface area contributed by atoms with E-state index in [1.807, 2.05) is 13.2 Å². The van der Waals surface area contributed by atoms with Gasteiger partial charge < -0.3 is 10.0 Å². The van der Waals surface area contributed by atoms with Crippen molar-refractivity contribution < 1.29 is 14.7 Å². The van der Waals surface area contributed by atoms with Gasteiger partial charge in [-0.3, -0.25) is 9.59 Å². The van der Waals surface area contributed by atoms with Gasteiger partial charge in [0.1, 0.15) is 0 Å². The highest BCUT2D eigenvalue weighted by Crippen LogP contribution is 2.22. The first kappa shape index (κ1) is 15.3. The summed E-state index contributed by atoms with van der Waals surface area (Å²) >= 11 is 1.67. The quantitative estimate of drug-likeness (QED) is 0.776. The summed E-state index contributed by atoms with van der Waals surface area (Å²) in [5.41, 5.74) is -0.996. The number of carboxylic acid groups (broad SMARTS) is 1. The van der Waals surface area contributed by atoms with Crippen molar-refractivity contribution in [2.24, 2.45) is 5.41 Å². The molecular weight excluding hydrogens is 226 g/mol. The van der Waals surface area contributed by atoms with Crippen LogP contribution in [0.4, 0.5) is 0 Å². The fourth-order valence-electron chi connectivity index (χ4n) is 1.18. The van der Waals surface area contributed by atoms with Crippen molar-refractivity contribution in [2.75, 3.05) is 19.1 Å². The van der Waals surface area contributed by atoms with Crippen molar-refractivity contribution in [1.82, 2.24) is 4.90 Å². The van der Waals surface area contributed by atoms with Crippen LogP contribution in [0.15, 0.2) is 0 Å². The summed E-state index contributed by atoms with van der Waals surface area (Å²) in [4.78, 5) is 24.4. The van der Waals surface area contributed by atoms with Crippen LogP contribution < -0.4 is 0 Å². The Kier molecular flexibility index (Phi) is 5.86. The van der Waals surface area contributed by atoms with E-state index in [-0.39, 0.29) is 18.4 Å². The number of carbonyl (C=O) groups excluding carboxylic acids is 1. The largest absolute Gasteiger partial charge is 0.481 e. The van der Waals surface area contributed by atoms with Gasteiger partial charge >= 0.3 is 5.97 Å². The first-order valence-corrected chi connectivity index (χ1v) is 6.59. The molecule has 16 heavy (non-hydrogen) atoms. The summed E-state index contributed by atoms with van der Waals surface area (Å²) in [5, 5.41) is 8.94. The minimum atomic E-state index is -0.996. The highest BCUT2D eigenvalue weighted by molar-refractivity contribution is 7.98. The number of hydrogen-bond acceptors (Lipinski definition) is 3. The Morgan fingerprint density at radius 2 is 1.94 bits per heavy atom. The van der Waals surface area contributed by atoms with E-state index in [0.29, 0.717) is 0 Å². The highest BCUT2D eigenvalue weighted by atomic mass is 32.2. The third-order valence-electron chi connectivity index (χ3n) is 2.63. The van der Waals surface area contributed by atoms with E-state index < -0.39 is 11.4 Å². The molecule has 0 aromatic carbocycles. The minimum Gasteiger partial charge on any atom is -0.481 e. The van der Waals surface area contributed by atoms with Crippen molar-refractivity contribution in [3.63, 3.8) is 0 Å². The van der Waals surface area contributed by atoms with Gasteiger partial charge in [0.15, 0.2) is 0 Å². The predicted octanol–water partition coefficient (Wildman–Crippen LogP) is 1.70. The van der Waals surface area contributed by atoms with Crippen LogP contribution in [0.5, 0.6) is 0 Å². The van der Waals surface area contributed by atoms with Gasteiger partial charge in [0, 0.05) is 25.3 Å². The monoisotopic (exact) mass is 247 g/mol. The summed E-state index contributed by atoms with van der Waals surface area (Å²) in [5.74, 6) is -0.198. The molecule has 0 rings (SSSR count). The molecule has 1 amide bonds. The Morgan fingerprint density at radius 3 is 2.31 bits per heavy atom. The number of carbonyl (C=O) groups is 2. The van der Waals surface area contributed by atoms with Crippen LogP contribution in [0, 0.1) is 5.41 Å². The van der Waals surface area contributed by atoms with Crippen LogP contribution in [0.2, 0.25) is 0 Å². The molecule has 0 bridgehead atoms. The number of nitrogens with zero attached hydrogens (tertiary/aromatic N) is 1. The van der Waals surface area contributed by atoms with Gasteiger partial charge in [-0.15, -0.1) is 0 Å². The summed E-state index contributed by atoms with van der Waals surface area (Å²) in [7, 11) is 1.72. The SMILES string of the molecule is CSCC(C)N(C)C(=O)CC(C)(C)C(=O)O. The second kappa shape index (κ2) is 6.13. The molecule has 0 saturated heterocycles. The fourth-order valence-corrected chi connectivity index (χ4v) is 1.88. The van der Waals surface area contributed by atoms with Gasteiger partial charge in [0.2, 0.25) is 5.91 Å². The number of thioether (sulfide) groups is 1. The molecule has 5 heteroatoms. The number of aliphatic carboxylic acids is 1. The topological polar surface area (TPSA) is 57.6 Å². The van der Waals surface area contributed by atoms with Gasteiger partial charge in [0.25, 0.3) is 0 Å². The maximum Gasteiger partial charge on any atom is 0.309 e. The Labute approximate surface area is 101 Å². The first-order chi connectivity index (χ1) is 7.22. The average Bonchev–Trinajstić information content (AvgIpc) is 2.15. The van der Waals surface area contributed by atoms with Gasteiger partial charge in [-0.2, -0.15) is 11.8 Å². The van der Waals surface area contributed by atoms with E-state index in [4.69, 9.17) is 5.11 Å². The molecule has 0 fully saturated rings. The highest BCUT2D eigenvalue weighted by Gasteiger charge is 2.32. The molecule has 1 N–H and O–H groups in total. The summed E-state index contributed by atoms with van der Waals surface area (Å²) < 4.78 is 0. The lowest BCUT2D eigenvalue weighted by Crippen LogP contribution is -2.40. The van der Waals surface area contributed by atoms with Crippen molar-refractivity contribution >= 4 is 23.6 Å². The fraction of sp³-hybridized carbons (Fsp3) is 0.818. The molecule has 0 heterocycles. The normalized spacial score (nSPS) is 13.3. The predicted molar refractivity (Wildman–Crippen MR) is 66.6 cm³/mol. The lowest BCUT2D eigenvalue weighted by atomic mass is 9.89. The molecule has 0 saturated carbocycles. The molecule has 0 aromatic heterocycles. The minimum absolute atomic E-state index is 0.0392. The zero-order valence-corrected chi connectivity index (χ0v) is 11.4. The van der Waals surface area contributed by atoms with E-state index in [0.717, 1.165) is 5.75 Å². The summed E-state index contributed by atoms with van der Waals surface area (Å²) in [6, 6.07) is 0.132. The van der Waals surface area contributed by atoms with Crippen LogP contribution >= 0.6 is 11.8 Å². The number of amides is 1. The molecule has 0 aliphatic carbocycles. The first-order valence-electron chi connectivity index (χ1n) is 5.20. The molecule has 94 valence electrons. The second-order valence-electron chi connectivity index (χ2n) is 4.67. The molecule has 0 radical (unpaired) electrons. The maximum atomic E-state index is 11.8. The number of carboxylic acids is 1. The van der Waals surface area contributed by atoms with Crippen molar-refractivity contribution in [1.29, 1.82) is 0 Å². The molecule has 0 spiro atoms. The lowest BCUT2D eigenvalue weighted by molar-refractivity contribution is -0.151. The van der Waals surface area contributed by atoms with Gasteiger partial charge in [-0.25, -0.2) is 0 Å². The smallest absolute Gasteiger partial charge is 0.309 e. The van der Waals surface area contributed by atoms with Gasteiger partial charge in [-0.05, 0) is 27.0 Å². The Balaban J connectivity index is 4.41. The van der Waals surface area contributed by atoms with Gasteiger partial charge in [-0.1, -0.05) is 0 Å². The van der Waals surface area contributed by atoms with E-state index >= 15 is 0 Å². The molecule has 1 atom stereocenters. The van der Waals surface area contributed by atoms with E-state index in [1.165, 1.54) is 0 Å². The van der Waals surface area contributed by atoms with E-state index in [1.54, 1.807) is 37.6 Å². The standard InChI is InChI=1S/C11H21NO3S/c1-8(7-16-5)12(4)9(13)6-11(2,3)10(14)15/h8H,6-7H2,1-5H3,(H,14,15). The van der Waals surface area contributed by atoms with Crippen LogP contribution in [0.3, 0.4) is 0 Å². The van der Waals surface area contributed by atoms with Crippen LogP contribution in [-0.2, 0) is 9.59 Å². The third kappa shape index (κ3) is 4.43. The van der Waals surface area contributed by atoms with Crippen LogP contribution in [-0.4, -0.2) is 47.0 Å². The van der Waals surface area contributed by atoms with Crippen LogP contribution in [0.25, 0.3) is 0 Å². The summed E-state index contributed by atoms with van der Waals surface area (Å²) in [6.07, 6.45) is 2.02. The summed E-state index contributed by atoms with van der Waals surface area (Å²) in [6.45, 7) is 5.10. The van der Waals surface area contributed by atoms with Crippen molar-refractivity contribution in [2.45, 2.75) is 33.2 Å². The number of hydrogen-bond donors (Lipinski definition) is 1. The molecule has 0 aliphatic rings. The molecule has 0 aromatic rings. The molecule has 1 unspecified atom stereocenters. The van der Waals surface area contributed by atoms with E-state index in [2.05, 4.69) is 0 Å². The van der Waals surface area contributed by atoms with Gasteiger partial charge in [0.05, 0.1) is 5.41 Å². The number of rotatable bonds is 6. The third-order valence-corrected chi connectivity index (χ3v) is 3.45. The molecular formula is C11H21NO3S. The second-order valence-corrected chi connectivity index (χ2v) is 5.59. The average molecular weight is 247 g/mol. The maximum absolute atomic E-state index is 11.8. The Morgan fingerprint density at radius 1 is 1.44 bits per heavy atom. The Bertz CT molecular complexity index is 266. The Hall–Kier alpha value is -0.710. The zero-order valence-electron chi connectivity index (χ0n) is 10.6. The van der Waals surface area contributed by atoms with Crippen LogP contribution in [0.1, 0.15) is 27.2 Å². The van der Waals surface area contributed by atoms with Crippen molar-refractivity contribution in [3.05, 3.63) is 0 Å². The molecule has 4 nitrogen and oxygen atoms in total.